The molecule has 3 amide bonds. The van der Waals surface area contributed by atoms with Gasteiger partial charge in [-0.3, -0.25) is 24.6 Å². The molecule has 1 atom stereocenters. The number of ether oxygens (including phenoxy) is 1. The second kappa shape index (κ2) is 9.33. The molecule has 3 aliphatic heterocycles. The number of rotatable bonds is 6. The fraction of sp³-hybridized carbons (Fsp3) is 0.400. The third-order valence-corrected chi connectivity index (χ3v) is 5.89. The smallest absolute Gasteiger partial charge is 0.255 e. The van der Waals surface area contributed by atoms with Crippen LogP contribution < -0.4 is 10.6 Å². The van der Waals surface area contributed by atoms with Crippen molar-refractivity contribution in [3.8, 4) is 0 Å². The number of hydrogen-bond acceptors (Lipinski definition) is 6. The Morgan fingerprint density at radius 1 is 1.06 bits per heavy atom. The number of nitrogens with one attached hydrogen (secondary N) is 2. The van der Waals surface area contributed by atoms with E-state index >= 15 is 0 Å². The summed E-state index contributed by atoms with van der Waals surface area (Å²) in [6, 6.07) is 11.2. The molecule has 2 N–H and O–H groups in total. The fourth-order valence-corrected chi connectivity index (χ4v) is 4.18. The Morgan fingerprint density at radius 2 is 1.82 bits per heavy atom. The molecule has 172 valence electrons. The van der Waals surface area contributed by atoms with E-state index in [9.17, 15) is 14.4 Å². The van der Waals surface area contributed by atoms with Crippen LogP contribution in [0, 0.1) is 0 Å². The monoisotopic (exact) mass is 456 g/mol. The Labute approximate surface area is 204 Å². The highest BCUT2D eigenvalue weighted by Crippen LogP contribution is 2.32. The van der Waals surface area contributed by atoms with E-state index in [-0.39, 0.29) is 31.2 Å². The highest BCUT2D eigenvalue weighted by Gasteiger charge is 2.39. The Kier molecular flexibility index (Phi) is 3.99. The molecule has 5 rings (SSSR count). The van der Waals surface area contributed by atoms with Crippen molar-refractivity contribution in [2.75, 3.05) is 31.4 Å². The van der Waals surface area contributed by atoms with Gasteiger partial charge < -0.3 is 15.0 Å². The van der Waals surface area contributed by atoms with Crippen LogP contribution in [0.5, 0.6) is 0 Å². The molecule has 2 aromatic carbocycles. The maximum atomic E-state index is 13.0. The normalized spacial score (nSPS) is 30.8. The minimum atomic E-state index is -3.10. The molecule has 0 bridgehead atoms. The number of piperidine rings is 1. The van der Waals surface area contributed by atoms with Crippen LogP contribution in [0.2, 0.25) is 0 Å². The van der Waals surface area contributed by atoms with Gasteiger partial charge in [0.2, 0.25) is 11.8 Å². The Balaban J connectivity index is 1.28. The predicted octanol–water partition coefficient (Wildman–Crippen LogP) is 1.89. The van der Waals surface area contributed by atoms with Gasteiger partial charge in [-0.15, -0.1) is 0 Å². The van der Waals surface area contributed by atoms with Crippen molar-refractivity contribution in [1.82, 2.24) is 15.1 Å². The first kappa shape index (κ1) is 14.1. The summed E-state index contributed by atoms with van der Waals surface area (Å²) in [6.07, 6.45) is 0.431. The highest BCUT2D eigenvalue weighted by molar-refractivity contribution is 6.06. The van der Waals surface area contributed by atoms with Gasteiger partial charge in [-0.05, 0) is 29.7 Å². The van der Waals surface area contributed by atoms with Crippen LogP contribution in [0.25, 0.3) is 0 Å². The van der Waals surface area contributed by atoms with Gasteiger partial charge in [0, 0.05) is 61.3 Å². The summed E-state index contributed by atoms with van der Waals surface area (Å²) < 4.78 is 68.5. The van der Waals surface area contributed by atoms with Crippen molar-refractivity contribution in [3.05, 3.63) is 64.7 Å². The molecule has 8 nitrogen and oxygen atoms in total. The lowest BCUT2D eigenvalue weighted by atomic mass is 10.0. The van der Waals surface area contributed by atoms with E-state index in [4.69, 9.17) is 11.0 Å². The molecule has 2 fully saturated rings. The molecule has 0 aromatic heterocycles. The first-order valence-corrected chi connectivity index (χ1v) is 10.6. The Morgan fingerprint density at radius 3 is 2.58 bits per heavy atom. The second-order valence-electron chi connectivity index (χ2n) is 8.02. The average molecular weight is 457 g/mol. The van der Waals surface area contributed by atoms with Gasteiger partial charge in [-0.1, -0.05) is 30.3 Å². The lowest BCUT2D eigenvalue weighted by Crippen LogP contribution is -2.52. The summed E-state index contributed by atoms with van der Waals surface area (Å²) >= 11 is 0. The molecule has 0 unspecified atom stereocenters. The summed E-state index contributed by atoms with van der Waals surface area (Å²) in [6.45, 7) is -12.0. The van der Waals surface area contributed by atoms with Crippen LogP contribution in [0.4, 0.5) is 5.69 Å². The van der Waals surface area contributed by atoms with Crippen LogP contribution in [-0.2, 0) is 34.0 Å². The number of nitrogens with zero attached hydrogens (tertiary/aromatic N) is 2. The molecule has 3 heterocycles. The third-order valence-electron chi connectivity index (χ3n) is 5.89. The second-order valence-corrected chi connectivity index (χ2v) is 8.02. The molecule has 0 radical (unpaired) electrons. The van der Waals surface area contributed by atoms with Crippen molar-refractivity contribution in [2.45, 2.75) is 38.5 Å². The van der Waals surface area contributed by atoms with Crippen molar-refractivity contribution in [2.24, 2.45) is 0 Å². The summed E-state index contributed by atoms with van der Waals surface area (Å²) in [5.41, 5.74) is 3.15. The summed E-state index contributed by atoms with van der Waals surface area (Å²) in [7, 11) is 0. The van der Waals surface area contributed by atoms with Crippen LogP contribution in [-0.4, -0.2) is 59.7 Å². The number of imide groups is 1. The van der Waals surface area contributed by atoms with Crippen molar-refractivity contribution >= 4 is 23.4 Å². The molecule has 2 saturated heterocycles. The number of carbonyl (C=O) groups is 3. The Hall–Kier alpha value is -3.23. The minimum absolute atomic E-state index is 0.165. The van der Waals surface area contributed by atoms with Gasteiger partial charge >= 0.3 is 0 Å². The summed E-state index contributed by atoms with van der Waals surface area (Å²) in [5.74, 6) is -1.12. The molecule has 8 heteroatoms. The van der Waals surface area contributed by atoms with Gasteiger partial charge in [-0.2, -0.15) is 0 Å². The van der Waals surface area contributed by atoms with E-state index in [0.29, 0.717) is 28.3 Å². The lowest BCUT2D eigenvalue weighted by molar-refractivity contribution is -0.136. The molecular formula is C25H28N4O4. The summed E-state index contributed by atoms with van der Waals surface area (Å²) in [5, 5.41) is 5.58. The molecule has 0 spiro atoms. The van der Waals surface area contributed by atoms with Crippen molar-refractivity contribution < 1.29 is 30.1 Å². The van der Waals surface area contributed by atoms with Crippen LogP contribution in [0.1, 0.15) is 50.9 Å². The fourth-order valence-electron chi connectivity index (χ4n) is 4.18. The molecule has 0 aliphatic carbocycles. The van der Waals surface area contributed by atoms with Gasteiger partial charge in [0.05, 0.1) is 18.6 Å². The lowest BCUT2D eigenvalue weighted by Gasteiger charge is -2.29. The zero-order valence-corrected chi connectivity index (χ0v) is 17.7. The minimum Gasteiger partial charge on any atom is -0.381 e. The molecule has 3 aliphatic rings. The first-order chi connectivity index (χ1) is 19.0. The zero-order chi connectivity index (χ0) is 30.0. The van der Waals surface area contributed by atoms with Crippen molar-refractivity contribution in [3.63, 3.8) is 0 Å². The number of carbonyl (C=O) groups excluding carboxylic acids is 3. The van der Waals surface area contributed by atoms with Crippen LogP contribution >= 0.6 is 0 Å². The molecule has 0 saturated carbocycles. The molecule has 2 aromatic rings. The molecule has 33 heavy (non-hydrogen) atoms. The van der Waals surface area contributed by atoms with E-state index < -0.39 is 44.6 Å². The predicted molar refractivity (Wildman–Crippen MR) is 122 cm³/mol. The van der Waals surface area contributed by atoms with E-state index in [0.717, 1.165) is 11.1 Å². The third kappa shape index (κ3) is 4.62. The maximum Gasteiger partial charge on any atom is 0.255 e. The van der Waals surface area contributed by atoms with Crippen LogP contribution in [0.15, 0.2) is 42.5 Å². The van der Waals surface area contributed by atoms with E-state index in [1.807, 2.05) is 6.07 Å². The highest BCUT2D eigenvalue weighted by atomic mass is 16.5. The van der Waals surface area contributed by atoms with Gasteiger partial charge in [0.1, 0.15) is 6.04 Å². The number of anilines is 1. The standard InChI is InChI=1S/C25H28N4O4/c30-23-9-8-22(24(31)27-23)29-16-20-19(25(29)32)2-1-3-21(20)26-14-17-4-6-18(7-5-17)15-28-10-12-33-13-11-28/h1-7,22,26H,8-16H2,(H,27,30,31)/t22-/m0/s1/i10D2,11D2,12D2,13D2. The average Bonchev–Trinajstić information content (AvgIpc) is 3.21. The number of amides is 3. The Bertz CT molecular complexity index is 1380. The van der Waals surface area contributed by atoms with Gasteiger partial charge in [0.15, 0.2) is 0 Å². The summed E-state index contributed by atoms with van der Waals surface area (Å²) in [4.78, 5) is 38.9. The van der Waals surface area contributed by atoms with Crippen LogP contribution in [0.3, 0.4) is 0 Å². The van der Waals surface area contributed by atoms with Gasteiger partial charge in [0.25, 0.3) is 5.91 Å². The van der Waals surface area contributed by atoms with E-state index in [1.54, 1.807) is 36.4 Å². The molecular weight excluding hydrogens is 420 g/mol. The van der Waals surface area contributed by atoms with E-state index in [2.05, 4.69) is 15.4 Å². The van der Waals surface area contributed by atoms with Crippen molar-refractivity contribution in [1.29, 1.82) is 0 Å². The largest absolute Gasteiger partial charge is 0.381 e. The van der Waals surface area contributed by atoms with E-state index in [1.165, 1.54) is 4.90 Å². The number of hydrogen-bond donors (Lipinski definition) is 2. The first-order valence-electron chi connectivity index (χ1n) is 14.6. The number of benzene rings is 2. The maximum absolute atomic E-state index is 13.0. The van der Waals surface area contributed by atoms with Gasteiger partial charge in [-0.25, -0.2) is 0 Å². The number of morpholine rings is 1. The number of fused-ring (bicyclic) bond motifs is 1. The SMILES string of the molecule is [2H]C1([2H])OC([2H])([2H])C([2H])([2H])N(Cc2ccc(CNc3cccc4c3CN([C@H]3CCC(=O)NC3=O)C4=O)cc2)C1([2H])[2H]. The quantitative estimate of drug-likeness (QED) is 0.645. The zero-order valence-electron chi connectivity index (χ0n) is 25.7. The topological polar surface area (TPSA) is 91.0 Å².